The van der Waals surface area contributed by atoms with Crippen LogP contribution in [0.15, 0.2) is 12.1 Å². The summed E-state index contributed by atoms with van der Waals surface area (Å²) in [6.45, 7) is 3.40. The molecule has 1 fully saturated rings. The van der Waals surface area contributed by atoms with E-state index in [9.17, 15) is 0 Å². The van der Waals surface area contributed by atoms with E-state index in [1.165, 1.54) is 37.2 Å². The molecule has 3 nitrogen and oxygen atoms in total. The highest BCUT2D eigenvalue weighted by Crippen LogP contribution is 2.34. The predicted molar refractivity (Wildman–Crippen MR) is 64.5 cm³/mol. The van der Waals surface area contributed by atoms with Crippen LogP contribution in [0.1, 0.15) is 18.4 Å². The van der Waals surface area contributed by atoms with Gasteiger partial charge in [-0.05, 0) is 37.0 Å². The number of hydrogen-bond acceptors (Lipinski definition) is 3. The number of hydrogen-bond donors (Lipinski definition) is 2. The van der Waals surface area contributed by atoms with Gasteiger partial charge in [-0.1, -0.05) is 0 Å². The number of nitrogens with two attached hydrogens (primary N) is 1. The van der Waals surface area contributed by atoms with Crippen LogP contribution in [0.4, 0.5) is 17.1 Å². The van der Waals surface area contributed by atoms with Crippen molar-refractivity contribution in [3.63, 3.8) is 0 Å². The molecule has 0 amide bonds. The fourth-order valence-electron chi connectivity index (χ4n) is 2.60. The lowest BCUT2D eigenvalue weighted by molar-refractivity contribution is 0.949. The molecule has 3 heteroatoms. The Morgan fingerprint density at radius 2 is 2.00 bits per heavy atom. The summed E-state index contributed by atoms with van der Waals surface area (Å²) in [5, 5.41) is 3.34. The lowest BCUT2D eigenvalue weighted by Gasteiger charge is -2.19. The van der Waals surface area contributed by atoms with Gasteiger partial charge in [0.2, 0.25) is 0 Å². The Kier molecular flexibility index (Phi) is 1.97. The third-order valence-electron chi connectivity index (χ3n) is 3.40. The number of nitrogens with one attached hydrogen (secondary N) is 1. The van der Waals surface area contributed by atoms with E-state index in [0.29, 0.717) is 0 Å². The van der Waals surface area contributed by atoms with E-state index in [0.717, 1.165) is 24.3 Å². The first kappa shape index (κ1) is 8.89. The summed E-state index contributed by atoms with van der Waals surface area (Å²) in [6, 6.07) is 4.42. The number of anilines is 3. The molecule has 1 aromatic rings. The van der Waals surface area contributed by atoms with Crippen molar-refractivity contribution >= 4 is 17.1 Å². The van der Waals surface area contributed by atoms with Gasteiger partial charge in [-0.2, -0.15) is 0 Å². The van der Waals surface area contributed by atoms with Crippen molar-refractivity contribution in [3.05, 3.63) is 17.7 Å². The minimum absolute atomic E-state index is 0.909. The van der Waals surface area contributed by atoms with E-state index in [4.69, 9.17) is 5.73 Å². The van der Waals surface area contributed by atoms with Crippen LogP contribution >= 0.6 is 0 Å². The Hall–Kier alpha value is -1.38. The van der Waals surface area contributed by atoms with Crippen molar-refractivity contribution in [1.29, 1.82) is 0 Å². The van der Waals surface area contributed by atoms with E-state index in [-0.39, 0.29) is 0 Å². The monoisotopic (exact) mass is 203 g/mol. The summed E-state index contributed by atoms with van der Waals surface area (Å²) in [5.74, 6) is 0. The van der Waals surface area contributed by atoms with Gasteiger partial charge >= 0.3 is 0 Å². The minimum Gasteiger partial charge on any atom is -0.397 e. The third kappa shape index (κ3) is 1.42. The molecular weight excluding hydrogens is 186 g/mol. The molecule has 3 N–H and O–H groups in total. The van der Waals surface area contributed by atoms with Crippen molar-refractivity contribution in [3.8, 4) is 0 Å². The van der Waals surface area contributed by atoms with Crippen LogP contribution in [0, 0.1) is 0 Å². The van der Waals surface area contributed by atoms with E-state index in [2.05, 4.69) is 22.3 Å². The Morgan fingerprint density at radius 3 is 2.80 bits per heavy atom. The largest absolute Gasteiger partial charge is 0.397 e. The fourth-order valence-corrected chi connectivity index (χ4v) is 2.60. The number of nitrogens with zero attached hydrogens (tertiary/aromatic N) is 1. The SMILES string of the molecule is Nc1cc(N2CCCC2)cc2c1NCC2. The Labute approximate surface area is 90.3 Å². The van der Waals surface area contributed by atoms with Crippen molar-refractivity contribution in [2.45, 2.75) is 19.3 Å². The zero-order valence-electron chi connectivity index (χ0n) is 8.92. The quantitative estimate of drug-likeness (QED) is 0.684. The number of rotatable bonds is 1. The lowest BCUT2D eigenvalue weighted by Crippen LogP contribution is -2.17. The van der Waals surface area contributed by atoms with Gasteiger partial charge < -0.3 is 16.0 Å². The van der Waals surface area contributed by atoms with Gasteiger partial charge in [0.25, 0.3) is 0 Å². The van der Waals surface area contributed by atoms with Gasteiger partial charge in [0.15, 0.2) is 0 Å². The molecule has 0 aromatic heterocycles. The Morgan fingerprint density at radius 1 is 1.20 bits per heavy atom. The van der Waals surface area contributed by atoms with Crippen molar-refractivity contribution < 1.29 is 0 Å². The zero-order chi connectivity index (χ0) is 10.3. The van der Waals surface area contributed by atoms with E-state index >= 15 is 0 Å². The van der Waals surface area contributed by atoms with Crippen LogP contribution in [-0.2, 0) is 6.42 Å². The highest BCUT2D eigenvalue weighted by atomic mass is 15.1. The minimum atomic E-state index is 0.909. The standard InChI is InChI=1S/C12H17N3/c13-11-8-10(15-5-1-2-6-15)7-9-3-4-14-12(9)11/h7-8,14H,1-6,13H2. The second-order valence-electron chi connectivity index (χ2n) is 4.44. The van der Waals surface area contributed by atoms with Crippen molar-refractivity contribution in [1.82, 2.24) is 0 Å². The number of nitrogen functional groups attached to an aromatic ring is 1. The van der Waals surface area contributed by atoms with Gasteiger partial charge in [-0.15, -0.1) is 0 Å². The molecule has 1 saturated heterocycles. The summed E-state index contributed by atoms with van der Waals surface area (Å²) in [6.07, 6.45) is 3.74. The first-order valence-electron chi connectivity index (χ1n) is 5.76. The molecule has 0 saturated carbocycles. The second kappa shape index (κ2) is 3.33. The maximum atomic E-state index is 6.05. The van der Waals surface area contributed by atoms with Crippen LogP contribution in [-0.4, -0.2) is 19.6 Å². The molecule has 2 aliphatic rings. The molecule has 2 heterocycles. The molecule has 0 radical (unpaired) electrons. The maximum absolute atomic E-state index is 6.05. The highest BCUT2D eigenvalue weighted by Gasteiger charge is 2.18. The molecule has 3 rings (SSSR count). The lowest BCUT2D eigenvalue weighted by atomic mass is 10.1. The van der Waals surface area contributed by atoms with Gasteiger partial charge in [0, 0.05) is 25.3 Å². The predicted octanol–water partition coefficient (Wildman–Crippen LogP) is 1.84. The summed E-state index contributed by atoms with van der Waals surface area (Å²) in [5.41, 5.74) is 10.8. The molecule has 0 atom stereocenters. The van der Waals surface area contributed by atoms with E-state index in [1.54, 1.807) is 0 Å². The number of fused-ring (bicyclic) bond motifs is 1. The smallest absolute Gasteiger partial charge is 0.0608 e. The summed E-state index contributed by atoms with van der Waals surface area (Å²) in [7, 11) is 0. The molecule has 0 bridgehead atoms. The summed E-state index contributed by atoms with van der Waals surface area (Å²) >= 11 is 0. The Bertz CT molecular complexity index is 381. The number of benzene rings is 1. The zero-order valence-corrected chi connectivity index (χ0v) is 8.92. The highest BCUT2D eigenvalue weighted by molar-refractivity contribution is 5.78. The van der Waals surface area contributed by atoms with Crippen molar-refractivity contribution in [2.24, 2.45) is 0 Å². The molecule has 0 spiro atoms. The fraction of sp³-hybridized carbons (Fsp3) is 0.500. The molecule has 0 unspecified atom stereocenters. The van der Waals surface area contributed by atoms with Crippen LogP contribution in [0.3, 0.4) is 0 Å². The molecule has 2 aliphatic heterocycles. The Balaban J connectivity index is 1.99. The molecule has 15 heavy (non-hydrogen) atoms. The maximum Gasteiger partial charge on any atom is 0.0608 e. The van der Waals surface area contributed by atoms with Gasteiger partial charge in [0.05, 0.1) is 11.4 Å². The molecule has 1 aromatic carbocycles. The summed E-state index contributed by atoms with van der Waals surface area (Å²) in [4.78, 5) is 2.44. The first-order valence-corrected chi connectivity index (χ1v) is 5.76. The van der Waals surface area contributed by atoms with Gasteiger partial charge in [-0.3, -0.25) is 0 Å². The third-order valence-corrected chi connectivity index (χ3v) is 3.40. The normalized spacial score (nSPS) is 19.1. The molecule has 0 aliphatic carbocycles. The molecular formula is C12H17N3. The van der Waals surface area contributed by atoms with Gasteiger partial charge in [-0.25, -0.2) is 0 Å². The average Bonchev–Trinajstić information content (AvgIpc) is 2.88. The molecule has 80 valence electrons. The van der Waals surface area contributed by atoms with Crippen molar-refractivity contribution in [2.75, 3.05) is 35.6 Å². The topological polar surface area (TPSA) is 41.3 Å². The van der Waals surface area contributed by atoms with E-state index < -0.39 is 0 Å². The van der Waals surface area contributed by atoms with Crippen LogP contribution in [0.5, 0.6) is 0 Å². The van der Waals surface area contributed by atoms with E-state index in [1.807, 2.05) is 0 Å². The van der Waals surface area contributed by atoms with Crippen LogP contribution in [0.2, 0.25) is 0 Å². The second-order valence-corrected chi connectivity index (χ2v) is 4.44. The average molecular weight is 203 g/mol. The van der Waals surface area contributed by atoms with Gasteiger partial charge in [0.1, 0.15) is 0 Å². The summed E-state index contributed by atoms with van der Waals surface area (Å²) < 4.78 is 0. The van der Waals surface area contributed by atoms with Crippen LogP contribution < -0.4 is 16.0 Å². The first-order chi connectivity index (χ1) is 7.34. The van der Waals surface area contributed by atoms with Crippen LogP contribution in [0.25, 0.3) is 0 Å².